The number of aromatic nitrogens is 2. The zero-order valence-electron chi connectivity index (χ0n) is 14.7. The number of nitrogens with zero attached hydrogens (tertiary/aromatic N) is 4. The van der Waals surface area contributed by atoms with Crippen molar-refractivity contribution in [3.05, 3.63) is 53.3 Å². The lowest BCUT2D eigenvalue weighted by Gasteiger charge is -2.33. The van der Waals surface area contributed by atoms with Gasteiger partial charge in [-0.15, -0.1) is 0 Å². The van der Waals surface area contributed by atoms with Crippen LogP contribution in [0, 0.1) is 0 Å². The molecule has 2 heterocycles. The van der Waals surface area contributed by atoms with E-state index in [4.69, 9.17) is 5.11 Å². The van der Waals surface area contributed by atoms with E-state index in [1.165, 1.54) is 5.56 Å². The molecule has 0 aliphatic carbocycles. The average molecular weight is 340 g/mol. The Morgan fingerprint density at radius 3 is 2.52 bits per heavy atom. The Hall–Kier alpha value is -2.47. The van der Waals surface area contributed by atoms with Crippen molar-refractivity contribution >= 4 is 11.9 Å². The van der Waals surface area contributed by atoms with Crippen LogP contribution < -0.4 is 4.90 Å². The van der Waals surface area contributed by atoms with Gasteiger partial charge in [0.25, 0.3) is 0 Å². The Labute approximate surface area is 148 Å². The number of rotatable bonds is 5. The first-order chi connectivity index (χ1) is 12.0. The van der Waals surface area contributed by atoms with E-state index in [1.807, 2.05) is 43.5 Å². The maximum absolute atomic E-state index is 11.0. The van der Waals surface area contributed by atoms with Crippen LogP contribution in [0.5, 0.6) is 0 Å². The predicted octanol–water partition coefficient (Wildman–Crippen LogP) is 2.62. The van der Waals surface area contributed by atoms with Gasteiger partial charge in [-0.05, 0) is 43.0 Å². The summed E-state index contributed by atoms with van der Waals surface area (Å²) < 4.78 is 0. The summed E-state index contributed by atoms with van der Waals surface area (Å²) in [7, 11) is 3.86. The highest BCUT2D eigenvalue weighted by Gasteiger charge is 2.21. The fourth-order valence-electron chi connectivity index (χ4n) is 3.29. The maximum Gasteiger partial charge on any atom is 0.335 e. The molecule has 6 heteroatoms. The molecule has 1 saturated heterocycles. The molecule has 0 unspecified atom stereocenters. The van der Waals surface area contributed by atoms with Gasteiger partial charge < -0.3 is 10.0 Å². The minimum absolute atomic E-state index is 0.342. The van der Waals surface area contributed by atoms with E-state index in [-0.39, 0.29) is 0 Å². The lowest BCUT2D eigenvalue weighted by atomic mass is 9.90. The van der Waals surface area contributed by atoms with Gasteiger partial charge in [-0.3, -0.25) is 4.90 Å². The van der Waals surface area contributed by atoms with Crippen molar-refractivity contribution in [3.8, 4) is 0 Å². The standard InChI is InChI=1S/C19H24N4O2/c1-22(2)19-20-10-14(11-21-19)12-23-9-3-4-17(13-23)15-5-7-16(8-6-15)18(24)25/h5-8,10-11,17H,3-4,9,12-13H2,1-2H3,(H,24,25)/t17-/m0/s1. The van der Waals surface area contributed by atoms with Crippen LogP contribution in [0.2, 0.25) is 0 Å². The third kappa shape index (κ3) is 4.33. The van der Waals surface area contributed by atoms with Gasteiger partial charge in [-0.1, -0.05) is 12.1 Å². The van der Waals surface area contributed by atoms with E-state index in [0.717, 1.165) is 44.0 Å². The van der Waals surface area contributed by atoms with Crippen molar-refractivity contribution in [2.45, 2.75) is 25.3 Å². The summed E-state index contributed by atoms with van der Waals surface area (Å²) in [6.07, 6.45) is 6.07. The van der Waals surface area contributed by atoms with Gasteiger partial charge in [0.05, 0.1) is 5.56 Å². The average Bonchev–Trinajstić information content (AvgIpc) is 2.62. The Morgan fingerprint density at radius 1 is 1.24 bits per heavy atom. The van der Waals surface area contributed by atoms with Gasteiger partial charge in [0.2, 0.25) is 5.95 Å². The van der Waals surface area contributed by atoms with E-state index in [9.17, 15) is 4.79 Å². The zero-order valence-corrected chi connectivity index (χ0v) is 14.7. The highest BCUT2D eigenvalue weighted by atomic mass is 16.4. The second kappa shape index (κ2) is 7.61. The molecule has 1 N–H and O–H groups in total. The van der Waals surface area contributed by atoms with Crippen LogP contribution in [0.25, 0.3) is 0 Å². The number of piperidine rings is 1. The van der Waals surface area contributed by atoms with Crippen molar-refractivity contribution in [2.24, 2.45) is 0 Å². The highest BCUT2D eigenvalue weighted by Crippen LogP contribution is 2.28. The summed E-state index contributed by atoms with van der Waals surface area (Å²) in [5.41, 5.74) is 2.68. The molecule has 1 aromatic carbocycles. The molecule has 132 valence electrons. The first-order valence-corrected chi connectivity index (χ1v) is 8.57. The largest absolute Gasteiger partial charge is 0.478 e. The van der Waals surface area contributed by atoms with E-state index < -0.39 is 5.97 Å². The molecule has 25 heavy (non-hydrogen) atoms. The zero-order chi connectivity index (χ0) is 17.8. The summed E-state index contributed by atoms with van der Waals surface area (Å²) in [6, 6.07) is 7.30. The summed E-state index contributed by atoms with van der Waals surface area (Å²) in [5.74, 6) is 0.287. The lowest BCUT2D eigenvalue weighted by molar-refractivity contribution is 0.0697. The molecule has 0 amide bonds. The number of hydrogen-bond acceptors (Lipinski definition) is 5. The second-order valence-corrected chi connectivity index (χ2v) is 6.79. The topological polar surface area (TPSA) is 69.6 Å². The van der Waals surface area contributed by atoms with E-state index in [1.54, 1.807) is 12.1 Å². The molecule has 1 aliphatic heterocycles. The molecule has 2 aromatic rings. The van der Waals surface area contributed by atoms with Crippen LogP contribution in [0.15, 0.2) is 36.7 Å². The molecule has 6 nitrogen and oxygen atoms in total. The number of likely N-dealkylation sites (tertiary alicyclic amines) is 1. The van der Waals surface area contributed by atoms with Gasteiger partial charge in [0, 0.05) is 45.1 Å². The monoisotopic (exact) mass is 340 g/mol. The van der Waals surface area contributed by atoms with Crippen molar-refractivity contribution in [3.63, 3.8) is 0 Å². The molecule has 0 saturated carbocycles. The molecular formula is C19H24N4O2. The van der Waals surface area contributed by atoms with Crippen LogP contribution in [0.3, 0.4) is 0 Å². The van der Waals surface area contributed by atoms with Gasteiger partial charge in [-0.25, -0.2) is 14.8 Å². The van der Waals surface area contributed by atoms with Crippen molar-refractivity contribution < 1.29 is 9.90 Å². The van der Waals surface area contributed by atoms with Crippen LogP contribution >= 0.6 is 0 Å². The maximum atomic E-state index is 11.0. The minimum atomic E-state index is -0.877. The van der Waals surface area contributed by atoms with E-state index in [2.05, 4.69) is 14.9 Å². The second-order valence-electron chi connectivity index (χ2n) is 6.79. The highest BCUT2D eigenvalue weighted by molar-refractivity contribution is 5.87. The van der Waals surface area contributed by atoms with Gasteiger partial charge in [0.1, 0.15) is 0 Å². The Morgan fingerprint density at radius 2 is 1.92 bits per heavy atom. The lowest BCUT2D eigenvalue weighted by Crippen LogP contribution is -2.34. The number of hydrogen-bond donors (Lipinski definition) is 1. The van der Waals surface area contributed by atoms with Crippen molar-refractivity contribution in [1.29, 1.82) is 0 Å². The molecule has 1 aromatic heterocycles. The number of benzene rings is 1. The van der Waals surface area contributed by atoms with Gasteiger partial charge >= 0.3 is 5.97 Å². The smallest absolute Gasteiger partial charge is 0.335 e. The minimum Gasteiger partial charge on any atom is -0.478 e. The number of carboxylic acid groups (broad SMARTS) is 1. The summed E-state index contributed by atoms with van der Waals surface area (Å²) >= 11 is 0. The van der Waals surface area contributed by atoms with Gasteiger partial charge in [0.15, 0.2) is 0 Å². The SMILES string of the molecule is CN(C)c1ncc(CN2CCC[C@H](c3ccc(C(=O)O)cc3)C2)cn1. The summed E-state index contributed by atoms with van der Waals surface area (Å²) in [4.78, 5) is 24.1. The number of anilines is 1. The molecule has 1 atom stereocenters. The van der Waals surface area contributed by atoms with Crippen LogP contribution in [0.4, 0.5) is 5.95 Å². The summed E-state index contributed by atoms with van der Waals surface area (Å²) in [5, 5.41) is 9.02. The quantitative estimate of drug-likeness (QED) is 0.902. The number of aromatic carboxylic acids is 1. The number of carbonyl (C=O) groups is 1. The first-order valence-electron chi connectivity index (χ1n) is 8.57. The Bertz CT molecular complexity index is 713. The molecule has 1 aliphatic rings. The predicted molar refractivity (Wildman–Crippen MR) is 97.0 cm³/mol. The van der Waals surface area contributed by atoms with Crippen LogP contribution in [-0.4, -0.2) is 53.1 Å². The summed E-state index contributed by atoms with van der Waals surface area (Å²) in [6.45, 7) is 2.89. The third-order valence-electron chi connectivity index (χ3n) is 4.63. The first kappa shape index (κ1) is 17.4. The van der Waals surface area contributed by atoms with Crippen LogP contribution in [0.1, 0.15) is 40.2 Å². The van der Waals surface area contributed by atoms with Gasteiger partial charge in [-0.2, -0.15) is 0 Å². The molecular weight excluding hydrogens is 316 g/mol. The third-order valence-corrected chi connectivity index (χ3v) is 4.63. The van der Waals surface area contributed by atoms with E-state index >= 15 is 0 Å². The van der Waals surface area contributed by atoms with Crippen molar-refractivity contribution in [1.82, 2.24) is 14.9 Å². The molecule has 0 bridgehead atoms. The Balaban J connectivity index is 1.63. The molecule has 0 radical (unpaired) electrons. The molecule has 1 fully saturated rings. The normalized spacial score (nSPS) is 18.1. The van der Waals surface area contributed by atoms with E-state index in [0.29, 0.717) is 11.5 Å². The fourth-order valence-corrected chi connectivity index (χ4v) is 3.29. The molecule has 0 spiro atoms. The van der Waals surface area contributed by atoms with Crippen LogP contribution in [-0.2, 0) is 6.54 Å². The number of carboxylic acids is 1. The fraction of sp³-hybridized carbons (Fsp3) is 0.421. The Kier molecular flexibility index (Phi) is 5.28. The van der Waals surface area contributed by atoms with Crippen molar-refractivity contribution in [2.75, 3.05) is 32.1 Å². The molecule has 3 rings (SSSR count).